The summed E-state index contributed by atoms with van der Waals surface area (Å²) in [6.07, 6.45) is -4.04. The number of rotatable bonds is 4. The molecule has 1 aromatic rings. The molecule has 0 saturated heterocycles. The lowest BCUT2D eigenvalue weighted by molar-refractivity contribution is -0.159. The zero-order valence-electron chi connectivity index (χ0n) is 9.56. The van der Waals surface area contributed by atoms with Crippen molar-refractivity contribution in [3.8, 4) is 0 Å². The molecule has 100 valence electrons. The molecule has 0 aliphatic carbocycles. The Morgan fingerprint density at radius 1 is 1.44 bits per heavy atom. The van der Waals surface area contributed by atoms with Gasteiger partial charge < -0.3 is 20.7 Å². The van der Waals surface area contributed by atoms with Gasteiger partial charge in [0.1, 0.15) is 6.10 Å². The number of hydrogen-bond donors (Lipinski definition) is 3. The molecular formula is C11H13F2NO4. The molecule has 7 heteroatoms. The van der Waals surface area contributed by atoms with Gasteiger partial charge in [0.15, 0.2) is 17.7 Å². The van der Waals surface area contributed by atoms with Crippen molar-refractivity contribution in [3.05, 3.63) is 29.3 Å². The Labute approximate surface area is 102 Å². The van der Waals surface area contributed by atoms with Crippen LogP contribution in [0.4, 0.5) is 14.5 Å². The zero-order chi connectivity index (χ0) is 13.9. The van der Waals surface area contributed by atoms with Crippen LogP contribution in [0, 0.1) is 11.6 Å². The summed E-state index contributed by atoms with van der Waals surface area (Å²) in [6.45, 7) is 1.47. The third-order valence-electron chi connectivity index (χ3n) is 2.29. The number of nitrogen functional groups attached to an aromatic ring is 1. The lowest BCUT2D eigenvalue weighted by Gasteiger charge is -2.18. The van der Waals surface area contributed by atoms with Crippen molar-refractivity contribution < 1.29 is 28.5 Å². The van der Waals surface area contributed by atoms with E-state index in [2.05, 4.69) is 4.74 Å². The minimum atomic E-state index is -2.04. The van der Waals surface area contributed by atoms with Crippen LogP contribution < -0.4 is 5.73 Å². The van der Waals surface area contributed by atoms with E-state index in [0.717, 1.165) is 12.1 Å². The van der Waals surface area contributed by atoms with Gasteiger partial charge in [-0.3, -0.25) is 0 Å². The molecule has 0 fully saturated rings. The van der Waals surface area contributed by atoms with Gasteiger partial charge in [-0.15, -0.1) is 0 Å². The van der Waals surface area contributed by atoms with Crippen LogP contribution in [0.15, 0.2) is 12.1 Å². The second kappa shape index (κ2) is 5.74. The van der Waals surface area contributed by atoms with Crippen molar-refractivity contribution in [3.63, 3.8) is 0 Å². The first-order chi connectivity index (χ1) is 8.40. The SMILES string of the molecule is CCOC(=O)C(O)C(O)c1c(N)ccc(F)c1F. The van der Waals surface area contributed by atoms with E-state index in [1.54, 1.807) is 0 Å². The Hall–Kier alpha value is -1.73. The number of anilines is 1. The number of benzene rings is 1. The minimum absolute atomic E-state index is 0.0241. The fraction of sp³-hybridized carbons (Fsp3) is 0.364. The average Bonchev–Trinajstić information content (AvgIpc) is 2.33. The Morgan fingerprint density at radius 2 is 2.06 bits per heavy atom. The van der Waals surface area contributed by atoms with Gasteiger partial charge in [0.25, 0.3) is 0 Å². The van der Waals surface area contributed by atoms with Gasteiger partial charge in [-0.1, -0.05) is 0 Å². The van der Waals surface area contributed by atoms with Gasteiger partial charge in [-0.2, -0.15) is 0 Å². The molecule has 0 heterocycles. The largest absolute Gasteiger partial charge is 0.464 e. The van der Waals surface area contributed by atoms with Gasteiger partial charge in [-0.25, -0.2) is 13.6 Å². The highest BCUT2D eigenvalue weighted by Gasteiger charge is 2.31. The van der Waals surface area contributed by atoms with Crippen LogP contribution in [0.25, 0.3) is 0 Å². The van der Waals surface area contributed by atoms with Gasteiger partial charge in [0, 0.05) is 11.3 Å². The molecule has 0 radical (unpaired) electrons. The maximum atomic E-state index is 13.4. The molecule has 2 unspecified atom stereocenters. The minimum Gasteiger partial charge on any atom is -0.464 e. The van der Waals surface area contributed by atoms with Crippen molar-refractivity contribution >= 4 is 11.7 Å². The molecule has 18 heavy (non-hydrogen) atoms. The Morgan fingerprint density at radius 3 is 2.61 bits per heavy atom. The summed E-state index contributed by atoms with van der Waals surface area (Å²) in [6, 6.07) is 1.80. The number of aliphatic hydroxyl groups is 2. The number of aliphatic hydroxyl groups excluding tert-OH is 2. The van der Waals surface area contributed by atoms with Crippen molar-refractivity contribution in [2.45, 2.75) is 19.1 Å². The number of halogens is 2. The highest BCUT2D eigenvalue weighted by atomic mass is 19.2. The number of carbonyl (C=O) groups is 1. The number of nitrogens with two attached hydrogens (primary N) is 1. The molecule has 1 aromatic carbocycles. The Bertz CT molecular complexity index is 453. The summed E-state index contributed by atoms with van der Waals surface area (Å²) >= 11 is 0. The van der Waals surface area contributed by atoms with E-state index in [0.29, 0.717) is 0 Å². The van der Waals surface area contributed by atoms with Gasteiger partial charge in [0.05, 0.1) is 6.61 Å². The molecule has 4 N–H and O–H groups in total. The van der Waals surface area contributed by atoms with Gasteiger partial charge in [0.2, 0.25) is 0 Å². The molecule has 2 atom stereocenters. The van der Waals surface area contributed by atoms with Crippen molar-refractivity contribution in [2.24, 2.45) is 0 Å². The van der Waals surface area contributed by atoms with Crippen LogP contribution >= 0.6 is 0 Å². The topological polar surface area (TPSA) is 92.8 Å². The van der Waals surface area contributed by atoms with Crippen LogP contribution in [-0.4, -0.2) is 28.9 Å². The van der Waals surface area contributed by atoms with Crippen LogP contribution in [0.2, 0.25) is 0 Å². The van der Waals surface area contributed by atoms with Crippen LogP contribution in [-0.2, 0) is 9.53 Å². The smallest absolute Gasteiger partial charge is 0.338 e. The van der Waals surface area contributed by atoms with E-state index in [-0.39, 0.29) is 12.3 Å². The first-order valence-electron chi connectivity index (χ1n) is 5.16. The normalized spacial score (nSPS) is 14.1. The second-order valence-electron chi connectivity index (χ2n) is 3.51. The first kappa shape index (κ1) is 14.3. The first-order valence-corrected chi connectivity index (χ1v) is 5.16. The molecular weight excluding hydrogens is 248 g/mol. The molecule has 0 bridgehead atoms. The van der Waals surface area contributed by atoms with E-state index < -0.39 is 35.4 Å². The summed E-state index contributed by atoms with van der Waals surface area (Å²) in [5, 5.41) is 19.1. The highest BCUT2D eigenvalue weighted by Crippen LogP contribution is 2.28. The number of esters is 1. The second-order valence-corrected chi connectivity index (χ2v) is 3.51. The molecule has 0 spiro atoms. The molecule has 0 amide bonds. The van der Waals surface area contributed by atoms with Crippen LogP contribution in [0.5, 0.6) is 0 Å². The standard InChI is InChI=1S/C11H13F2NO4/c1-2-18-11(17)10(16)9(15)7-6(14)4-3-5(12)8(7)13/h3-4,9-10,15-16H,2,14H2,1H3. The zero-order valence-corrected chi connectivity index (χ0v) is 9.56. The average molecular weight is 261 g/mol. The Kier molecular flexibility index (Phi) is 4.57. The fourth-order valence-electron chi connectivity index (χ4n) is 1.40. The monoisotopic (exact) mass is 261 g/mol. The summed E-state index contributed by atoms with van der Waals surface area (Å²) < 4.78 is 30.9. The van der Waals surface area contributed by atoms with Gasteiger partial charge >= 0.3 is 5.97 Å². The predicted molar refractivity (Wildman–Crippen MR) is 58.4 cm³/mol. The number of ether oxygens (including phenoxy) is 1. The van der Waals surface area contributed by atoms with E-state index in [4.69, 9.17) is 5.73 Å². The van der Waals surface area contributed by atoms with E-state index >= 15 is 0 Å². The van der Waals surface area contributed by atoms with Crippen LogP contribution in [0.1, 0.15) is 18.6 Å². The van der Waals surface area contributed by atoms with Crippen molar-refractivity contribution in [1.29, 1.82) is 0 Å². The van der Waals surface area contributed by atoms with Gasteiger partial charge in [-0.05, 0) is 19.1 Å². The maximum absolute atomic E-state index is 13.4. The molecule has 0 saturated carbocycles. The number of hydrogen-bond acceptors (Lipinski definition) is 5. The quantitative estimate of drug-likeness (QED) is 0.542. The van der Waals surface area contributed by atoms with E-state index in [9.17, 15) is 23.8 Å². The molecule has 0 aliphatic rings. The summed E-state index contributed by atoms with van der Waals surface area (Å²) in [7, 11) is 0. The highest BCUT2D eigenvalue weighted by molar-refractivity contribution is 5.76. The third kappa shape index (κ3) is 2.74. The van der Waals surface area contributed by atoms with Crippen molar-refractivity contribution in [2.75, 3.05) is 12.3 Å². The van der Waals surface area contributed by atoms with E-state index in [1.807, 2.05) is 0 Å². The Balaban J connectivity index is 3.07. The number of carbonyl (C=O) groups excluding carboxylic acids is 1. The molecule has 5 nitrogen and oxygen atoms in total. The summed E-state index contributed by atoms with van der Waals surface area (Å²) in [5.74, 6) is -3.80. The predicted octanol–water partition coefficient (Wildman–Crippen LogP) is 0.504. The maximum Gasteiger partial charge on any atom is 0.338 e. The lowest BCUT2D eigenvalue weighted by atomic mass is 10.0. The fourth-order valence-corrected chi connectivity index (χ4v) is 1.40. The molecule has 1 rings (SSSR count). The van der Waals surface area contributed by atoms with E-state index in [1.165, 1.54) is 6.92 Å². The summed E-state index contributed by atoms with van der Waals surface area (Å²) in [5.41, 5.74) is 4.43. The summed E-state index contributed by atoms with van der Waals surface area (Å²) in [4.78, 5) is 11.2. The third-order valence-corrected chi connectivity index (χ3v) is 2.29. The molecule has 0 aliphatic heterocycles. The van der Waals surface area contributed by atoms with Crippen LogP contribution in [0.3, 0.4) is 0 Å². The molecule has 0 aromatic heterocycles. The lowest BCUT2D eigenvalue weighted by Crippen LogP contribution is -2.31. The van der Waals surface area contributed by atoms with Crippen molar-refractivity contribution in [1.82, 2.24) is 0 Å².